The van der Waals surface area contributed by atoms with E-state index in [-0.39, 0.29) is 12.0 Å². The Balaban J connectivity index is 0.000000779. The number of anilines is 1. The van der Waals surface area contributed by atoms with Crippen molar-refractivity contribution in [2.45, 2.75) is 109 Å². The van der Waals surface area contributed by atoms with Crippen LogP contribution in [0.25, 0.3) is 0 Å². The summed E-state index contributed by atoms with van der Waals surface area (Å²) < 4.78 is 0. The summed E-state index contributed by atoms with van der Waals surface area (Å²) in [5, 5.41) is 12.9. The molecule has 1 unspecified atom stereocenters. The molecule has 0 aliphatic heterocycles. The van der Waals surface area contributed by atoms with E-state index in [1.807, 2.05) is 66.7 Å². The maximum Gasteiger partial charge on any atom is 0.224 e. The molecule has 3 nitrogen and oxygen atoms in total. The second-order valence-corrected chi connectivity index (χ2v) is 8.94. The number of aliphatic hydroxyl groups excluding tert-OH is 1. The Kier molecular flexibility index (Phi) is 19.0. The Hall–Kier alpha value is -2.13. The summed E-state index contributed by atoms with van der Waals surface area (Å²) >= 11 is 0. The molecule has 33 heavy (non-hydrogen) atoms. The molecular weight excluding hydrogens is 406 g/mol. The zero-order valence-corrected chi connectivity index (χ0v) is 20.9. The summed E-state index contributed by atoms with van der Waals surface area (Å²) in [4.78, 5) is 11.9. The molecule has 0 fully saturated rings. The van der Waals surface area contributed by atoms with Crippen LogP contribution in [0.5, 0.6) is 0 Å². The fraction of sp³-hybridized carbons (Fsp3) is 0.567. The first-order valence-corrected chi connectivity index (χ1v) is 13.3. The Morgan fingerprint density at radius 2 is 1.09 bits per heavy atom. The molecule has 0 spiro atoms. The van der Waals surface area contributed by atoms with Gasteiger partial charge in [0.05, 0.1) is 6.10 Å². The number of hydrogen-bond acceptors (Lipinski definition) is 2. The average Bonchev–Trinajstić information content (AvgIpc) is 2.85. The number of unbranched alkanes of at least 4 members (excludes halogenated alkanes) is 11. The van der Waals surface area contributed by atoms with Gasteiger partial charge >= 0.3 is 0 Å². The van der Waals surface area contributed by atoms with Crippen molar-refractivity contribution in [2.75, 3.05) is 5.32 Å². The van der Waals surface area contributed by atoms with Crippen LogP contribution in [-0.4, -0.2) is 17.1 Å². The van der Waals surface area contributed by atoms with Crippen LogP contribution in [0.2, 0.25) is 0 Å². The van der Waals surface area contributed by atoms with Gasteiger partial charge in [-0.2, -0.15) is 0 Å². The fourth-order valence-corrected chi connectivity index (χ4v) is 3.79. The highest BCUT2D eigenvalue weighted by Gasteiger charge is 2.08. The SMILES string of the molecule is CCCCCCCCCCCCCCC(O)CCC(=O)Nc1ccccc1.c1ccccc1. The van der Waals surface area contributed by atoms with E-state index in [1.165, 1.54) is 70.6 Å². The fourth-order valence-electron chi connectivity index (χ4n) is 3.79. The van der Waals surface area contributed by atoms with Gasteiger partial charge in [-0.3, -0.25) is 4.79 Å². The van der Waals surface area contributed by atoms with E-state index in [4.69, 9.17) is 0 Å². The molecule has 2 aromatic carbocycles. The standard InChI is InChI=1S/C24H41NO2.C6H6/c1-2-3-4-5-6-7-8-9-10-11-12-16-19-23(26)20-21-24(27)25-22-17-14-13-15-18-22;1-2-4-6-5-3-1/h13-15,17-18,23,26H,2-12,16,19-21H2,1H3,(H,25,27);1-6H. The molecule has 2 rings (SSSR count). The van der Waals surface area contributed by atoms with Crippen LogP contribution in [0, 0.1) is 0 Å². The highest BCUT2D eigenvalue weighted by atomic mass is 16.3. The van der Waals surface area contributed by atoms with E-state index in [0.29, 0.717) is 12.8 Å². The van der Waals surface area contributed by atoms with Gasteiger partial charge in [0.15, 0.2) is 0 Å². The van der Waals surface area contributed by atoms with E-state index in [2.05, 4.69) is 12.2 Å². The number of para-hydroxylation sites is 1. The summed E-state index contributed by atoms with van der Waals surface area (Å²) in [6, 6.07) is 21.5. The third-order valence-corrected chi connectivity index (χ3v) is 5.82. The number of nitrogens with one attached hydrogen (secondary N) is 1. The van der Waals surface area contributed by atoms with Gasteiger partial charge in [-0.15, -0.1) is 0 Å². The number of benzene rings is 2. The van der Waals surface area contributed by atoms with Gasteiger partial charge in [-0.25, -0.2) is 0 Å². The van der Waals surface area contributed by atoms with Gasteiger partial charge < -0.3 is 10.4 Å². The van der Waals surface area contributed by atoms with Crippen molar-refractivity contribution in [3.63, 3.8) is 0 Å². The largest absolute Gasteiger partial charge is 0.393 e. The number of carbonyl (C=O) groups is 1. The van der Waals surface area contributed by atoms with Crippen molar-refractivity contribution in [2.24, 2.45) is 0 Å². The van der Waals surface area contributed by atoms with Crippen LogP contribution in [0.1, 0.15) is 103 Å². The summed E-state index contributed by atoms with van der Waals surface area (Å²) in [5.74, 6) is -0.0186. The minimum atomic E-state index is -0.352. The normalized spacial score (nSPS) is 11.3. The second-order valence-electron chi connectivity index (χ2n) is 8.94. The molecule has 2 N–H and O–H groups in total. The maximum absolute atomic E-state index is 11.9. The first kappa shape index (κ1) is 28.9. The van der Waals surface area contributed by atoms with E-state index in [0.717, 1.165) is 18.5 Å². The Labute approximate surface area is 203 Å². The van der Waals surface area contributed by atoms with Crippen molar-refractivity contribution >= 4 is 11.6 Å². The minimum absolute atomic E-state index is 0.0186. The van der Waals surface area contributed by atoms with Crippen molar-refractivity contribution in [1.29, 1.82) is 0 Å². The Morgan fingerprint density at radius 3 is 1.58 bits per heavy atom. The lowest BCUT2D eigenvalue weighted by Gasteiger charge is -2.10. The molecule has 1 amide bonds. The van der Waals surface area contributed by atoms with Crippen LogP contribution >= 0.6 is 0 Å². The summed E-state index contributed by atoms with van der Waals surface area (Å²) in [6.45, 7) is 2.27. The predicted octanol–water partition coefficient (Wildman–Crippen LogP) is 8.54. The average molecular weight is 454 g/mol. The van der Waals surface area contributed by atoms with Crippen molar-refractivity contribution in [1.82, 2.24) is 0 Å². The Morgan fingerprint density at radius 1 is 0.667 bits per heavy atom. The van der Waals surface area contributed by atoms with Gasteiger partial charge in [0, 0.05) is 12.1 Å². The molecule has 0 aliphatic carbocycles. The Bertz CT molecular complexity index is 633. The van der Waals surface area contributed by atoms with Gasteiger partial charge in [0.2, 0.25) is 5.91 Å². The molecule has 0 aliphatic rings. The first-order valence-electron chi connectivity index (χ1n) is 13.3. The van der Waals surface area contributed by atoms with E-state index in [9.17, 15) is 9.90 Å². The molecule has 184 valence electrons. The third kappa shape index (κ3) is 19.1. The third-order valence-electron chi connectivity index (χ3n) is 5.82. The highest BCUT2D eigenvalue weighted by molar-refractivity contribution is 5.90. The topological polar surface area (TPSA) is 49.3 Å². The smallest absolute Gasteiger partial charge is 0.224 e. The zero-order valence-electron chi connectivity index (χ0n) is 20.9. The number of aliphatic hydroxyl groups is 1. The lowest BCUT2D eigenvalue weighted by Crippen LogP contribution is -2.15. The molecule has 0 aromatic heterocycles. The summed E-state index contributed by atoms with van der Waals surface area (Å²) in [5.41, 5.74) is 0.818. The number of hydrogen-bond donors (Lipinski definition) is 2. The van der Waals surface area contributed by atoms with Crippen LogP contribution < -0.4 is 5.32 Å². The molecule has 0 radical (unpaired) electrons. The molecule has 3 heteroatoms. The van der Waals surface area contributed by atoms with Crippen molar-refractivity contribution < 1.29 is 9.90 Å². The summed E-state index contributed by atoms with van der Waals surface area (Å²) in [7, 11) is 0. The van der Waals surface area contributed by atoms with Crippen molar-refractivity contribution in [3.05, 3.63) is 66.7 Å². The lowest BCUT2D eigenvalue weighted by molar-refractivity contribution is -0.116. The van der Waals surface area contributed by atoms with E-state index >= 15 is 0 Å². The van der Waals surface area contributed by atoms with Gasteiger partial charge in [0.1, 0.15) is 0 Å². The molecule has 1 atom stereocenters. The molecule has 0 saturated heterocycles. The van der Waals surface area contributed by atoms with Gasteiger partial charge in [0.25, 0.3) is 0 Å². The molecule has 0 saturated carbocycles. The highest BCUT2D eigenvalue weighted by Crippen LogP contribution is 2.14. The van der Waals surface area contributed by atoms with E-state index < -0.39 is 0 Å². The number of amides is 1. The number of rotatable bonds is 17. The van der Waals surface area contributed by atoms with Crippen LogP contribution in [-0.2, 0) is 4.79 Å². The molecule has 0 bridgehead atoms. The second kappa shape index (κ2) is 21.7. The monoisotopic (exact) mass is 453 g/mol. The maximum atomic E-state index is 11.9. The van der Waals surface area contributed by atoms with Gasteiger partial charge in [-0.05, 0) is 25.0 Å². The van der Waals surface area contributed by atoms with Crippen LogP contribution in [0.3, 0.4) is 0 Å². The van der Waals surface area contributed by atoms with Crippen molar-refractivity contribution in [3.8, 4) is 0 Å². The first-order chi connectivity index (χ1) is 16.2. The molecule has 0 heterocycles. The molecule has 2 aromatic rings. The predicted molar refractivity (Wildman–Crippen MR) is 142 cm³/mol. The van der Waals surface area contributed by atoms with Gasteiger partial charge in [-0.1, -0.05) is 139 Å². The van der Waals surface area contributed by atoms with Crippen LogP contribution in [0.15, 0.2) is 66.7 Å². The summed E-state index contributed by atoms with van der Waals surface area (Å²) in [6.07, 6.45) is 17.3. The zero-order chi connectivity index (χ0) is 23.8. The minimum Gasteiger partial charge on any atom is -0.393 e. The van der Waals surface area contributed by atoms with E-state index in [1.54, 1.807) is 0 Å². The van der Waals surface area contributed by atoms with Crippen LogP contribution in [0.4, 0.5) is 5.69 Å². The quantitative estimate of drug-likeness (QED) is 0.236. The lowest BCUT2D eigenvalue weighted by atomic mass is 10.0. The molecular formula is C30H47NO2. The number of carbonyl (C=O) groups excluding carboxylic acids is 1.